The number of aryl methyl sites for hydroxylation is 1. The maximum absolute atomic E-state index is 12.1. The summed E-state index contributed by atoms with van der Waals surface area (Å²) in [7, 11) is 0. The minimum atomic E-state index is 0.0940. The monoisotopic (exact) mass is 265 g/mol. The number of nitrogens with one attached hydrogen (secondary N) is 1. The van der Waals surface area contributed by atoms with Crippen LogP contribution in [0.2, 0.25) is 0 Å². The Kier molecular flexibility index (Phi) is 4.90. The lowest BCUT2D eigenvalue weighted by molar-refractivity contribution is 0.556. The fourth-order valence-electron chi connectivity index (χ4n) is 1.87. The molecule has 0 aromatic carbocycles. The van der Waals surface area contributed by atoms with Crippen molar-refractivity contribution in [2.75, 3.05) is 13.1 Å². The Morgan fingerprint density at radius 3 is 3.11 bits per heavy atom. The van der Waals surface area contributed by atoms with Crippen molar-refractivity contribution in [1.29, 1.82) is 0 Å². The van der Waals surface area contributed by atoms with Gasteiger partial charge in [0.2, 0.25) is 0 Å². The van der Waals surface area contributed by atoms with Gasteiger partial charge < -0.3 is 5.32 Å². The highest BCUT2D eigenvalue weighted by Gasteiger charge is 2.04. The predicted molar refractivity (Wildman–Crippen MR) is 76.3 cm³/mol. The van der Waals surface area contributed by atoms with Crippen molar-refractivity contribution in [3.63, 3.8) is 0 Å². The number of aromatic nitrogens is 2. The van der Waals surface area contributed by atoms with E-state index in [0.29, 0.717) is 0 Å². The molecule has 0 atom stereocenters. The molecule has 0 unspecified atom stereocenters. The van der Waals surface area contributed by atoms with Crippen molar-refractivity contribution in [2.24, 2.45) is 0 Å². The van der Waals surface area contributed by atoms with Crippen LogP contribution in [0.15, 0.2) is 22.6 Å². The molecule has 0 saturated heterocycles. The Morgan fingerprint density at radius 1 is 1.39 bits per heavy atom. The summed E-state index contributed by atoms with van der Waals surface area (Å²) < 4.78 is 2.49. The predicted octanol–water partition coefficient (Wildman–Crippen LogP) is 2.24. The lowest BCUT2D eigenvalue weighted by Crippen LogP contribution is -2.21. The first-order valence-electron chi connectivity index (χ1n) is 6.46. The fraction of sp³-hybridized carbons (Fsp3) is 0.538. The summed E-state index contributed by atoms with van der Waals surface area (Å²) in [5.74, 6) is 0. The lowest BCUT2D eigenvalue weighted by atomic mass is 10.3. The molecule has 1 N–H and O–H groups in total. The van der Waals surface area contributed by atoms with E-state index in [1.807, 2.05) is 11.4 Å². The third-order valence-corrected chi connectivity index (χ3v) is 3.76. The molecule has 2 heterocycles. The Morgan fingerprint density at radius 2 is 2.28 bits per heavy atom. The molecule has 2 aromatic heterocycles. The van der Waals surface area contributed by atoms with Crippen molar-refractivity contribution >= 4 is 21.6 Å². The molecule has 18 heavy (non-hydrogen) atoms. The molecule has 4 nitrogen and oxygen atoms in total. The van der Waals surface area contributed by atoms with Gasteiger partial charge in [0.1, 0.15) is 4.70 Å². The van der Waals surface area contributed by atoms with Crippen LogP contribution in [0.25, 0.3) is 10.2 Å². The maximum atomic E-state index is 12.1. The number of nitrogens with zero attached hydrogens (tertiary/aromatic N) is 2. The van der Waals surface area contributed by atoms with Gasteiger partial charge in [0, 0.05) is 6.54 Å². The van der Waals surface area contributed by atoms with Gasteiger partial charge in [0.15, 0.2) is 0 Å². The van der Waals surface area contributed by atoms with E-state index in [4.69, 9.17) is 0 Å². The van der Waals surface area contributed by atoms with E-state index >= 15 is 0 Å². The molecular formula is C13H19N3OS. The molecule has 98 valence electrons. The Labute approximate surface area is 111 Å². The summed E-state index contributed by atoms with van der Waals surface area (Å²) in [5, 5.41) is 5.28. The summed E-state index contributed by atoms with van der Waals surface area (Å²) in [4.78, 5) is 16.4. The molecule has 2 aromatic rings. The summed E-state index contributed by atoms with van der Waals surface area (Å²) in [6, 6.07) is 1.89. The Bertz CT molecular complexity index is 546. The number of fused-ring (bicyclic) bond motifs is 1. The zero-order chi connectivity index (χ0) is 12.8. The van der Waals surface area contributed by atoms with Gasteiger partial charge in [0.05, 0.1) is 11.8 Å². The number of hydrogen-bond donors (Lipinski definition) is 1. The topological polar surface area (TPSA) is 46.9 Å². The summed E-state index contributed by atoms with van der Waals surface area (Å²) >= 11 is 1.47. The van der Waals surface area contributed by atoms with Gasteiger partial charge in [-0.1, -0.05) is 6.92 Å². The minimum absolute atomic E-state index is 0.0940. The molecule has 2 rings (SSSR count). The molecule has 0 spiro atoms. The molecule has 0 bridgehead atoms. The molecule has 0 aliphatic carbocycles. The molecule has 0 saturated carbocycles. The first kappa shape index (κ1) is 13.2. The second kappa shape index (κ2) is 6.66. The van der Waals surface area contributed by atoms with Crippen LogP contribution in [0.3, 0.4) is 0 Å². The number of thiophene rings is 1. The van der Waals surface area contributed by atoms with Crippen LogP contribution >= 0.6 is 11.3 Å². The maximum Gasteiger partial charge on any atom is 0.271 e. The highest BCUT2D eigenvalue weighted by molar-refractivity contribution is 7.17. The highest BCUT2D eigenvalue weighted by Crippen LogP contribution is 2.13. The number of unbranched alkanes of at least 4 members (excludes halogenated alkanes) is 1. The minimum Gasteiger partial charge on any atom is -0.317 e. The normalized spacial score (nSPS) is 11.2. The first-order valence-corrected chi connectivity index (χ1v) is 7.34. The second-order valence-corrected chi connectivity index (χ2v) is 5.25. The Hall–Kier alpha value is -1.20. The third-order valence-electron chi connectivity index (χ3n) is 2.87. The highest BCUT2D eigenvalue weighted by atomic mass is 32.1. The van der Waals surface area contributed by atoms with Crippen molar-refractivity contribution in [3.8, 4) is 0 Å². The smallest absolute Gasteiger partial charge is 0.271 e. The van der Waals surface area contributed by atoms with E-state index in [9.17, 15) is 4.79 Å². The van der Waals surface area contributed by atoms with Gasteiger partial charge in [-0.3, -0.25) is 9.36 Å². The molecule has 0 amide bonds. The van der Waals surface area contributed by atoms with Gasteiger partial charge in [-0.25, -0.2) is 4.98 Å². The lowest BCUT2D eigenvalue weighted by Gasteiger charge is -2.05. The second-order valence-electron chi connectivity index (χ2n) is 4.34. The van der Waals surface area contributed by atoms with E-state index < -0.39 is 0 Å². The van der Waals surface area contributed by atoms with Crippen molar-refractivity contribution in [1.82, 2.24) is 14.9 Å². The first-order chi connectivity index (χ1) is 8.83. The van der Waals surface area contributed by atoms with Crippen LogP contribution in [0.1, 0.15) is 26.2 Å². The molecule has 0 aliphatic rings. The van der Waals surface area contributed by atoms with Crippen LogP contribution in [0, 0.1) is 0 Å². The van der Waals surface area contributed by atoms with Crippen molar-refractivity contribution in [3.05, 3.63) is 28.1 Å². The Balaban J connectivity index is 1.88. The summed E-state index contributed by atoms with van der Waals surface area (Å²) in [6.45, 7) is 5.02. The largest absolute Gasteiger partial charge is 0.317 e. The molecular weight excluding hydrogens is 246 g/mol. The number of rotatable bonds is 7. The third kappa shape index (κ3) is 3.17. The van der Waals surface area contributed by atoms with Gasteiger partial charge >= 0.3 is 0 Å². The van der Waals surface area contributed by atoms with Crippen molar-refractivity contribution < 1.29 is 0 Å². The van der Waals surface area contributed by atoms with Crippen LogP contribution < -0.4 is 10.9 Å². The zero-order valence-corrected chi connectivity index (χ0v) is 11.5. The van der Waals surface area contributed by atoms with Gasteiger partial charge in [0.25, 0.3) is 5.56 Å². The summed E-state index contributed by atoms with van der Waals surface area (Å²) in [5.41, 5.74) is 0.905. The van der Waals surface area contributed by atoms with E-state index in [-0.39, 0.29) is 5.56 Å². The van der Waals surface area contributed by atoms with Gasteiger partial charge in [-0.15, -0.1) is 11.3 Å². The van der Waals surface area contributed by atoms with E-state index in [2.05, 4.69) is 17.2 Å². The zero-order valence-electron chi connectivity index (χ0n) is 10.7. The molecule has 0 radical (unpaired) electrons. The molecule has 0 aliphatic heterocycles. The number of hydrogen-bond acceptors (Lipinski definition) is 4. The fourth-order valence-corrected chi connectivity index (χ4v) is 2.66. The van der Waals surface area contributed by atoms with Crippen LogP contribution in [-0.4, -0.2) is 22.6 Å². The SMILES string of the molecule is CCCNCCCCn1cnc2ccsc2c1=O. The van der Waals surface area contributed by atoms with Gasteiger partial charge in [-0.05, 0) is 43.8 Å². The standard InChI is InChI=1S/C13H19N3OS/c1-2-6-14-7-3-4-8-16-10-15-11-5-9-18-12(11)13(16)17/h5,9-10,14H,2-4,6-8H2,1H3. The average Bonchev–Trinajstić information content (AvgIpc) is 2.85. The quantitative estimate of drug-likeness (QED) is 0.781. The average molecular weight is 265 g/mol. The molecule has 5 heteroatoms. The van der Waals surface area contributed by atoms with E-state index in [1.165, 1.54) is 17.8 Å². The van der Waals surface area contributed by atoms with E-state index in [1.54, 1.807) is 10.9 Å². The van der Waals surface area contributed by atoms with E-state index in [0.717, 1.165) is 42.7 Å². The molecule has 0 fully saturated rings. The van der Waals surface area contributed by atoms with Crippen LogP contribution in [0.4, 0.5) is 0 Å². The van der Waals surface area contributed by atoms with Crippen LogP contribution in [0.5, 0.6) is 0 Å². The van der Waals surface area contributed by atoms with Crippen molar-refractivity contribution in [2.45, 2.75) is 32.7 Å². The van der Waals surface area contributed by atoms with Gasteiger partial charge in [-0.2, -0.15) is 0 Å². The van der Waals surface area contributed by atoms with Crippen LogP contribution in [-0.2, 0) is 6.54 Å². The summed E-state index contributed by atoms with van der Waals surface area (Å²) in [6.07, 6.45) is 4.93.